The van der Waals surface area contributed by atoms with Gasteiger partial charge in [0.2, 0.25) is 0 Å². The number of pyridine rings is 1. The molecule has 1 amide bonds. The number of anilines is 2. The smallest absolute Gasteiger partial charge is 0.328 e. The summed E-state index contributed by atoms with van der Waals surface area (Å²) in [6.45, 7) is 0.959. The lowest BCUT2D eigenvalue weighted by atomic mass is 10.1. The molecule has 0 aliphatic carbocycles. The van der Waals surface area contributed by atoms with E-state index in [1.165, 1.54) is 43.0 Å². The first-order chi connectivity index (χ1) is 18.7. The van der Waals surface area contributed by atoms with Crippen LogP contribution in [-0.4, -0.2) is 62.8 Å². The molecule has 1 N–H and O–H groups in total. The van der Waals surface area contributed by atoms with Crippen molar-refractivity contribution < 1.29 is 27.1 Å². The number of nitrogens with one attached hydrogen (secondary N) is 1. The van der Waals surface area contributed by atoms with E-state index >= 15 is 0 Å². The Morgan fingerprint density at radius 2 is 1.85 bits per heavy atom. The summed E-state index contributed by atoms with van der Waals surface area (Å²) in [4.78, 5) is 28.8. The Hall–Kier alpha value is -2.97. The van der Waals surface area contributed by atoms with Crippen molar-refractivity contribution in [3.8, 4) is 5.75 Å². The van der Waals surface area contributed by atoms with Crippen molar-refractivity contribution >= 4 is 67.1 Å². The van der Waals surface area contributed by atoms with Crippen LogP contribution in [0.3, 0.4) is 0 Å². The highest BCUT2D eigenvalue weighted by molar-refractivity contribution is 7.87. The third-order valence-electron chi connectivity index (χ3n) is 5.45. The van der Waals surface area contributed by atoms with E-state index in [9.17, 15) is 23.3 Å². The van der Waals surface area contributed by atoms with Crippen LogP contribution in [0.2, 0.25) is 0 Å². The minimum atomic E-state index is -4.41. The number of halogens is 2. The molecule has 1 atom stereocenters. The van der Waals surface area contributed by atoms with Crippen molar-refractivity contribution in [1.29, 1.82) is 0 Å². The van der Waals surface area contributed by atoms with Gasteiger partial charge < -0.3 is 19.1 Å². The van der Waals surface area contributed by atoms with Gasteiger partial charge in [0, 0.05) is 43.8 Å². The van der Waals surface area contributed by atoms with Crippen molar-refractivity contribution in [3.63, 3.8) is 0 Å². The van der Waals surface area contributed by atoms with Crippen LogP contribution in [-0.2, 0) is 26.1 Å². The Kier molecular flexibility index (Phi) is 11.3. The first kappa shape index (κ1) is 30.6. The van der Waals surface area contributed by atoms with Crippen LogP contribution in [0.5, 0.6) is 5.75 Å². The van der Waals surface area contributed by atoms with E-state index in [-0.39, 0.29) is 35.2 Å². The van der Waals surface area contributed by atoms with E-state index in [0.717, 1.165) is 17.0 Å². The standard InChI is InChI=1S/C24H26Cl2N4O7S2/c1-36-16-23(31)28-22-7-2-17(15-27-22)14-21(20-8-13-38-24(20)30(32)33)39(34,35)37-19-5-3-18(4-6-19)29(11-9-25)12-10-26/h2-8,13,15,21H,9-12,14,16H2,1H3,(H,27,28,31). The van der Waals surface area contributed by atoms with Crippen LogP contribution < -0.4 is 14.4 Å². The number of nitrogens with zero attached hydrogens (tertiary/aromatic N) is 3. The predicted octanol–water partition coefficient (Wildman–Crippen LogP) is 4.61. The number of rotatable bonds is 15. The summed E-state index contributed by atoms with van der Waals surface area (Å²) in [5, 5.41) is 13.9. The Morgan fingerprint density at radius 1 is 1.15 bits per heavy atom. The number of alkyl halides is 2. The molecule has 3 rings (SSSR count). The maximum Gasteiger partial charge on any atom is 0.328 e. The van der Waals surface area contributed by atoms with E-state index in [0.29, 0.717) is 30.4 Å². The summed E-state index contributed by atoms with van der Waals surface area (Å²) in [6.07, 6.45) is 1.23. The van der Waals surface area contributed by atoms with Gasteiger partial charge in [0.05, 0.1) is 10.5 Å². The van der Waals surface area contributed by atoms with Gasteiger partial charge in [0.25, 0.3) is 5.91 Å². The number of hydrogen-bond donors (Lipinski definition) is 1. The summed E-state index contributed by atoms with van der Waals surface area (Å²) in [7, 11) is -3.03. The molecular weight excluding hydrogens is 591 g/mol. The second-order valence-corrected chi connectivity index (χ2v) is 11.5. The average Bonchev–Trinajstić information content (AvgIpc) is 3.38. The molecule has 11 nitrogen and oxygen atoms in total. The predicted molar refractivity (Wildman–Crippen MR) is 152 cm³/mol. The zero-order chi connectivity index (χ0) is 28.4. The third-order valence-corrected chi connectivity index (χ3v) is 8.21. The molecule has 0 saturated carbocycles. The highest BCUT2D eigenvalue weighted by atomic mass is 35.5. The minimum absolute atomic E-state index is 0.00879. The van der Waals surface area contributed by atoms with Crippen LogP contribution in [0.4, 0.5) is 16.5 Å². The molecule has 1 aromatic carbocycles. The van der Waals surface area contributed by atoms with Crippen molar-refractivity contribution in [1.82, 2.24) is 4.98 Å². The number of amides is 1. The van der Waals surface area contributed by atoms with Crippen molar-refractivity contribution in [3.05, 3.63) is 75.3 Å². The Bertz CT molecular complexity index is 1350. The molecule has 0 saturated heterocycles. The van der Waals surface area contributed by atoms with Crippen LogP contribution in [0.1, 0.15) is 16.4 Å². The fourth-order valence-corrected chi connectivity index (χ4v) is 6.35. The van der Waals surface area contributed by atoms with Gasteiger partial charge in [-0.1, -0.05) is 17.4 Å². The fraction of sp³-hybridized carbons (Fsp3) is 0.333. The van der Waals surface area contributed by atoms with Crippen LogP contribution in [0.25, 0.3) is 0 Å². The summed E-state index contributed by atoms with van der Waals surface area (Å²) in [5.41, 5.74) is 1.26. The second kappa shape index (κ2) is 14.4. The van der Waals surface area contributed by atoms with Crippen LogP contribution >= 0.6 is 34.5 Å². The molecule has 15 heteroatoms. The van der Waals surface area contributed by atoms with Crippen molar-refractivity contribution in [2.75, 3.05) is 48.8 Å². The van der Waals surface area contributed by atoms with E-state index in [4.69, 9.17) is 32.1 Å². The van der Waals surface area contributed by atoms with Gasteiger partial charge in [0.1, 0.15) is 23.4 Å². The SMILES string of the molecule is COCC(=O)Nc1ccc(CC(c2ccsc2[N+](=O)[O-])S(=O)(=O)Oc2ccc(N(CCCl)CCCl)cc2)cn1. The van der Waals surface area contributed by atoms with Crippen LogP contribution in [0, 0.1) is 10.1 Å². The summed E-state index contributed by atoms with van der Waals surface area (Å²) in [5.74, 6) is 0.669. The second-order valence-electron chi connectivity index (χ2n) is 8.10. The van der Waals surface area contributed by atoms with Gasteiger partial charge in [-0.05, 0) is 53.8 Å². The van der Waals surface area contributed by atoms with Gasteiger partial charge in [-0.2, -0.15) is 8.42 Å². The van der Waals surface area contributed by atoms with Gasteiger partial charge >= 0.3 is 15.1 Å². The zero-order valence-corrected chi connectivity index (χ0v) is 23.9. The quantitative estimate of drug-likeness (QED) is 0.112. The highest BCUT2D eigenvalue weighted by Gasteiger charge is 2.36. The number of thiophene rings is 1. The largest absolute Gasteiger partial charge is 0.382 e. The lowest BCUT2D eigenvalue weighted by Gasteiger charge is -2.23. The first-order valence-electron chi connectivity index (χ1n) is 11.5. The molecule has 0 fully saturated rings. The Labute approximate surface area is 239 Å². The Morgan fingerprint density at radius 3 is 2.41 bits per heavy atom. The molecule has 2 heterocycles. The van der Waals surface area contributed by atoms with Gasteiger partial charge in [-0.25, -0.2) is 4.98 Å². The molecule has 0 aliphatic heterocycles. The highest BCUT2D eigenvalue weighted by Crippen LogP contribution is 2.38. The van der Waals surface area contributed by atoms with Crippen molar-refractivity contribution in [2.24, 2.45) is 0 Å². The molecule has 2 aromatic heterocycles. The number of carbonyl (C=O) groups is 1. The maximum absolute atomic E-state index is 13.5. The number of carbonyl (C=O) groups excluding carboxylic acids is 1. The topological polar surface area (TPSA) is 141 Å². The Balaban J connectivity index is 1.87. The molecule has 0 spiro atoms. The summed E-state index contributed by atoms with van der Waals surface area (Å²) >= 11 is 12.6. The van der Waals surface area contributed by atoms with Gasteiger partial charge in [-0.15, -0.1) is 23.2 Å². The molecule has 0 bridgehead atoms. The summed E-state index contributed by atoms with van der Waals surface area (Å²) in [6, 6.07) is 10.9. The monoisotopic (exact) mass is 616 g/mol. The summed E-state index contributed by atoms with van der Waals surface area (Å²) < 4.78 is 37.2. The number of methoxy groups -OCH3 is 1. The van der Waals surface area contributed by atoms with E-state index in [1.54, 1.807) is 18.2 Å². The molecule has 0 aliphatic rings. The normalized spacial score (nSPS) is 12.1. The molecule has 1 unspecified atom stereocenters. The molecule has 39 heavy (non-hydrogen) atoms. The van der Waals surface area contributed by atoms with E-state index in [1.807, 2.05) is 4.90 Å². The number of nitro groups is 1. The number of hydrogen-bond acceptors (Lipinski definition) is 10. The minimum Gasteiger partial charge on any atom is -0.382 e. The molecule has 0 radical (unpaired) electrons. The van der Waals surface area contributed by atoms with Gasteiger partial charge in [0.15, 0.2) is 0 Å². The fourth-order valence-electron chi connectivity index (χ4n) is 3.69. The van der Waals surface area contributed by atoms with Gasteiger partial charge in [-0.3, -0.25) is 14.9 Å². The average molecular weight is 618 g/mol. The number of ether oxygens (including phenoxy) is 1. The lowest BCUT2D eigenvalue weighted by Crippen LogP contribution is -2.27. The maximum atomic E-state index is 13.5. The van der Waals surface area contributed by atoms with Crippen LogP contribution in [0.15, 0.2) is 54.0 Å². The number of benzene rings is 1. The van der Waals surface area contributed by atoms with Crippen molar-refractivity contribution in [2.45, 2.75) is 11.7 Å². The zero-order valence-electron chi connectivity index (χ0n) is 20.8. The lowest BCUT2D eigenvalue weighted by molar-refractivity contribution is -0.380. The molecule has 3 aromatic rings. The third kappa shape index (κ3) is 8.51. The molecule has 210 valence electrons. The first-order valence-corrected chi connectivity index (χ1v) is 15.0. The number of aromatic nitrogens is 1. The van der Waals surface area contributed by atoms with E-state index < -0.39 is 26.2 Å². The van der Waals surface area contributed by atoms with E-state index in [2.05, 4.69) is 10.3 Å². The molecular formula is C24H26Cl2N4O7S2.